The number of aromatic nitrogens is 1. The molecule has 2 heterocycles. The van der Waals surface area contributed by atoms with Gasteiger partial charge in [0.2, 0.25) is 5.91 Å². The highest BCUT2D eigenvalue weighted by Crippen LogP contribution is 2.30. The molecule has 2 amide bonds. The van der Waals surface area contributed by atoms with E-state index >= 15 is 0 Å². The smallest absolute Gasteiger partial charge is 0.253 e. The fourth-order valence-corrected chi connectivity index (χ4v) is 4.13. The Hall–Kier alpha value is -2.30. The van der Waals surface area contributed by atoms with Gasteiger partial charge in [0, 0.05) is 24.2 Å². The lowest BCUT2D eigenvalue weighted by atomic mass is 10.0. The molecule has 2 N–H and O–H groups in total. The van der Waals surface area contributed by atoms with Crippen molar-refractivity contribution in [1.29, 1.82) is 0 Å². The number of likely N-dealkylation sites (tertiary alicyclic amines) is 1. The Labute approximate surface area is 147 Å². The lowest BCUT2D eigenvalue weighted by Gasteiger charge is -2.15. The number of nitrogens with one attached hydrogen (secondary N) is 2. The van der Waals surface area contributed by atoms with Gasteiger partial charge in [-0.15, -0.1) is 0 Å². The van der Waals surface area contributed by atoms with Crippen molar-refractivity contribution in [2.75, 3.05) is 19.6 Å². The fourth-order valence-electron chi connectivity index (χ4n) is 4.13. The van der Waals surface area contributed by atoms with Crippen molar-refractivity contribution in [3.63, 3.8) is 0 Å². The van der Waals surface area contributed by atoms with Crippen LogP contribution in [0.15, 0.2) is 18.2 Å². The number of aryl methyl sites for hydroxylation is 2. The van der Waals surface area contributed by atoms with Gasteiger partial charge in [-0.2, -0.15) is 0 Å². The van der Waals surface area contributed by atoms with Gasteiger partial charge in [-0.3, -0.25) is 9.59 Å². The largest absolute Gasteiger partial charge is 0.358 e. The van der Waals surface area contributed by atoms with Crippen LogP contribution in [0.4, 0.5) is 0 Å². The molecule has 1 fully saturated rings. The first-order valence-electron chi connectivity index (χ1n) is 9.42. The Morgan fingerprint density at radius 3 is 2.68 bits per heavy atom. The number of para-hydroxylation sites is 1. The summed E-state index contributed by atoms with van der Waals surface area (Å²) >= 11 is 0. The molecule has 1 aliphatic heterocycles. The summed E-state index contributed by atoms with van der Waals surface area (Å²) in [7, 11) is 0. The minimum absolute atomic E-state index is 0.0142. The van der Waals surface area contributed by atoms with Crippen LogP contribution in [0.2, 0.25) is 0 Å². The highest BCUT2D eigenvalue weighted by Gasteiger charge is 2.21. The number of carbonyl (C=O) groups is 2. The standard InChI is InChI=1S/C20H25N3O2/c24-18(23-11-4-5-12-23)13-21-20(25)16-9-6-8-15-14-7-2-1-3-10-17(14)22-19(15)16/h6,8-9,22H,1-5,7,10-13H2,(H,21,25). The van der Waals surface area contributed by atoms with E-state index in [1.165, 1.54) is 30.5 Å². The van der Waals surface area contributed by atoms with E-state index in [2.05, 4.69) is 16.4 Å². The second kappa shape index (κ2) is 6.90. The molecule has 25 heavy (non-hydrogen) atoms. The van der Waals surface area contributed by atoms with E-state index < -0.39 is 0 Å². The van der Waals surface area contributed by atoms with Gasteiger partial charge in [0.1, 0.15) is 0 Å². The molecule has 0 bridgehead atoms. The first-order chi connectivity index (χ1) is 12.2. The van der Waals surface area contributed by atoms with Gasteiger partial charge in [0.25, 0.3) is 5.91 Å². The Morgan fingerprint density at radius 2 is 1.84 bits per heavy atom. The van der Waals surface area contributed by atoms with Crippen molar-refractivity contribution in [2.45, 2.75) is 44.9 Å². The number of fused-ring (bicyclic) bond motifs is 3. The van der Waals surface area contributed by atoms with Gasteiger partial charge in [0.05, 0.1) is 17.6 Å². The van der Waals surface area contributed by atoms with Crippen LogP contribution in [-0.4, -0.2) is 41.3 Å². The van der Waals surface area contributed by atoms with Crippen LogP contribution in [0.5, 0.6) is 0 Å². The second-order valence-corrected chi connectivity index (χ2v) is 7.14. The molecule has 0 atom stereocenters. The zero-order chi connectivity index (χ0) is 17.2. The normalized spacial score (nSPS) is 17.4. The monoisotopic (exact) mass is 339 g/mol. The van der Waals surface area contributed by atoms with Gasteiger partial charge in [-0.1, -0.05) is 18.6 Å². The number of hydrogen-bond donors (Lipinski definition) is 2. The zero-order valence-corrected chi connectivity index (χ0v) is 14.6. The minimum Gasteiger partial charge on any atom is -0.358 e. The van der Waals surface area contributed by atoms with Crippen molar-refractivity contribution in [3.05, 3.63) is 35.0 Å². The molecule has 1 aliphatic carbocycles. The van der Waals surface area contributed by atoms with Crippen LogP contribution in [0.3, 0.4) is 0 Å². The summed E-state index contributed by atoms with van der Waals surface area (Å²) in [6.45, 7) is 1.71. The maximum Gasteiger partial charge on any atom is 0.253 e. The summed E-state index contributed by atoms with van der Waals surface area (Å²) in [5.41, 5.74) is 4.21. The molecule has 0 radical (unpaired) electrons. The first kappa shape index (κ1) is 16.2. The summed E-state index contributed by atoms with van der Waals surface area (Å²) in [5.74, 6) is -0.158. The van der Waals surface area contributed by atoms with E-state index in [1.54, 1.807) is 0 Å². The van der Waals surface area contributed by atoms with Crippen molar-refractivity contribution in [3.8, 4) is 0 Å². The number of rotatable bonds is 3. The number of amides is 2. The Balaban J connectivity index is 1.54. The molecular weight excluding hydrogens is 314 g/mol. The molecule has 5 nitrogen and oxygen atoms in total. The van der Waals surface area contributed by atoms with Gasteiger partial charge < -0.3 is 15.2 Å². The number of H-pyrrole nitrogens is 1. The third kappa shape index (κ3) is 3.15. The highest BCUT2D eigenvalue weighted by atomic mass is 16.2. The maximum atomic E-state index is 12.7. The summed E-state index contributed by atoms with van der Waals surface area (Å²) in [5, 5.41) is 3.97. The first-order valence-corrected chi connectivity index (χ1v) is 9.42. The zero-order valence-electron chi connectivity index (χ0n) is 14.6. The minimum atomic E-state index is -0.172. The van der Waals surface area contributed by atoms with Crippen LogP contribution in [0, 0.1) is 0 Å². The topological polar surface area (TPSA) is 65.2 Å². The predicted molar refractivity (Wildman–Crippen MR) is 97.7 cm³/mol. The van der Waals surface area contributed by atoms with Gasteiger partial charge >= 0.3 is 0 Å². The number of benzene rings is 1. The summed E-state index contributed by atoms with van der Waals surface area (Å²) in [6.07, 6.45) is 7.93. The molecule has 1 aromatic heterocycles. The SMILES string of the molecule is O=C(NCC(=O)N1CCCC1)c1cccc2c3c([nH]c12)CCCCC3. The molecule has 132 valence electrons. The molecule has 2 aliphatic rings. The van der Waals surface area contributed by atoms with E-state index in [0.29, 0.717) is 5.56 Å². The molecule has 0 saturated carbocycles. The predicted octanol–water partition coefficient (Wildman–Crippen LogP) is 2.79. The quantitative estimate of drug-likeness (QED) is 0.845. The number of hydrogen-bond acceptors (Lipinski definition) is 2. The Bertz CT molecular complexity index is 803. The second-order valence-electron chi connectivity index (χ2n) is 7.14. The van der Waals surface area contributed by atoms with Crippen molar-refractivity contribution in [2.24, 2.45) is 0 Å². The lowest BCUT2D eigenvalue weighted by molar-refractivity contribution is -0.129. The van der Waals surface area contributed by atoms with Crippen LogP contribution < -0.4 is 5.32 Å². The molecule has 4 rings (SSSR count). The van der Waals surface area contributed by atoms with E-state index in [1.807, 2.05) is 17.0 Å². The van der Waals surface area contributed by atoms with Gasteiger partial charge in [-0.25, -0.2) is 0 Å². The van der Waals surface area contributed by atoms with E-state index in [9.17, 15) is 9.59 Å². The molecule has 0 spiro atoms. The fraction of sp³-hybridized carbons (Fsp3) is 0.500. The Morgan fingerprint density at radius 1 is 1.04 bits per heavy atom. The molecule has 1 saturated heterocycles. The van der Waals surface area contributed by atoms with Crippen molar-refractivity contribution >= 4 is 22.7 Å². The maximum absolute atomic E-state index is 12.7. The van der Waals surface area contributed by atoms with E-state index in [4.69, 9.17) is 0 Å². The molecule has 0 unspecified atom stereocenters. The third-order valence-electron chi connectivity index (χ3n) is 5.49. The molecule has 1 aromatic carbocycles. The van der Waals surface area contributed by atoms with Crippen molar-refractivity contribution in [1.82, 2.24) is 15.2 Å². The molecular formula is C20H25N3O2. The third-order valence-corrected chi connectivity index (χ3v) is 5.49. The lowest BCUT2D eigenvalue weighted by Crippen LogP contribution is -2.38. The van der Waals surface area contributed by atoms with Crippen LogP contribution in [-0.2, 0) is 17.6 Å². The summed E-state index contributed by atoms with van der Waals surface area (Å²) in [6, 6.07) is 5.88. The molecule has 2 aromatic rings. The van der Waals surface area contributed by atoms with Gasteiger partial charge in [0.15, 0.2) is 0 Å². The van der Waals surface area contributed by atoms with Crippen LogP contribution in [0.1, 0.15) is 53.7 Å². The van der Waals surface area contributed by atoms with Crippen molar-refractivity contribution < 1.29 is 9.59 Å². The number of carbonyl (C=O) groups excluding carboxylic acids is 2. The van der Waals surface area contributed by atoms with E-state index in [-0.39, 0.29) is 18.4 Å². The summed E-state index contributed by atoms with van der Waals surface area (Å²) in [4.78, 5) is 30.1. The average Bonchev–Trinajstić information content (AvgIpc) is 3.22. The average molecular weight is 339 g/mol. The van der Waals surface area contributed by atoms with E-state index in [0.717, 1.165) is 49.7 Å². The number of aromatic amines is 1. The van der Waals surface area contributed by atoms with Crippen LogP contribution in [0.25, 0.3) is 10.9 Å². The summed E-state index contributed by atoms with van der Waals surface area (Å²) < 4.78 is 0. The highest BCUT2D eigenvalue weighted by molar-refractivity contribution is 6.07. The van der Waals surface area contributed by atoms with Crippen LogP contribution >= 0.6 is 0 Å². The Kier molecular flexibility index (Phi) is 4.47. The molecule has 5 heteroatoms. The number of nitrogens with zero attached hydrogens (tertiary/aromatic N) is 1. The van der Waals surface area contributed by atoms with Gasteiger partial charge in [-0.05, 0) is 50.2 Å².